The molecular formula is C25H51N3O5Si. The summed E-state index contributed by atoms with van der Waals surface area (Å²) in [7, 11) is -1.35. The van der Waals surface area contributed by atoms with Crippen molar-refractivity contribution in [2.45, 2.75) is 129 Å². The molecule has 0 saturated carbocycles. The van der Waals surface area contributed by atoms with Crippen molar-refractivity contribution in [3.05, 3.63) is 0 Å². The summed E-state index contributed by atoms with van der Waals surface area (Å²) < 4.78 is 5.53. The van der Waals surface area contributed by atoms with Gasteiger partial charge in [0.15, 0.2) is 0 Å². The maximum atomic E-state index is 13.1. The van der Waals surface area contributed by atoms with E-state index in [1.807, 2.05) is 13.8 Å². The summed E-state index contributed by atoms with van der Waals surface area (Å²) in [5, 5.41) is 15.1. The van der Waals surface area contributed by atoms with Gasteiger partial charge in [0.05, 0.1) is 12.7 Å². The maximum Gasteiger partial charge on any atom is 0.328 e. The zero-order valence-electron chi connectivity index (χ0n) is 22.6. The summed E-state index contributed by atoms with van der Waals surface area (Å²) >= 11 is 0. The third kappa shape index (κ3) is 15.4. The number of ether oxygens (including phenoxy) is 1. The number of aliphatic hydroxyl groups is 1. The van der Waals surface area contributed by atoms with Crippen molar-refractivity contribution < 1.29 is 24.2 Å². The third-order valence-corrected chi connectivity index (χ3v) is 7.41. The van der Waals surface area contributed by atoms with Crippen LogP contribution in [0.15, 0.2) is 0 Å². The zero-order chi connectivity index (χ0) is 26.3. The van der Waals surface area contributed by atoms with E-state index in [9.17, 15) is 19.5 Å². The van der Waals surface area contributed by atoms with Crippen LogP contribution in [0, 0.1) is 5.92 Å². The third-order valence-electron chi connectivity index (χ3n) is 5.71. The second-order valence-electron chi connectivity index (χ2n) is 11.1. The van der Waals surface area contributed by atoms with Crippen LogP contribution < -0.4 is 16.4 Å². The first-order valence-electron chi connectivity index (χ1n) is 13.0. The van der Waals surface area contributed by atoms with Gasteiger partial charge in [0, 0.05) is 8.07 Å². The molecule has 0 heterocycles. The molecular weight excluding hydrogens is 450 g/mol. The Morgan fingerprint density at radius 3 is 2.00 bits per heavy atom. The predicted octanol–water partition coefficient (Wildman–Crippen LogP) is 3.34. The molecule has 0 aromatic heterocycles. The Kier molecular flexibility index (Phi) is 16.3. The number of hydrogen-bond donors (Lipinski definition) is 4. The van der Waals surface area contributed by atoms with Crippen LogP contribution in [0.25, 0.3) is 0 Å². The minimum absolute atomic E-state index is 0.125. The lowest BCUT2D eigenvalue weighted by Crippen LogP contribution is -2.56. The van der Waals surface area contributed by atoms with E-state index in [0.29, 0.717) is 19.4 Å². The van der Waals surface area contributed by atoms with E-state index < -0.39 is 50.1 Å². The van der Waals surface area contributed by atoms with E-state index in [1.165, 1.54) is 26.2 Å². The SMILES string of the molecule is CCCCCCCC[C@@H](NC(=O)[C@@H](CC(C)C)NC(=O)[C@@H](N)[C@@H](C)O)C(=O)OCC[Si](C)(C)C. The van der Waals surface area contributed by atoms with Crippen molar-refractivity contribution in [3.8, 4) is 0 Å². The number of aliphatic hydroxyl groups excluding tert-OH is 1. The molecule has 9 heteroatoms. The quantitative estimate of drug-likeness (QED) is 0.129. The van der Waals surface area contributed by atoms with Gasteiger partial charge in [0.25, 0.3) is 0 Å². The zero-order valence-corrected chi connectivity index (χ0v) is 23.6. The molecule has 0 rings (SSSR count). The number of unbranched alkanes of at least 4 members (excludes halogenated alkanes) is 5. The highest BCUT2D eigenvalue weighted by Crippen LogP contribution is 2.13. The van der Waals surface area contributed by atoms with Gasteiger partial charge in [-0.05, 0) is 31.7 Å². The fraction of sp³-hybridized carbons (Fsp3) is 0.880. The van der Waals surface area contributed by atoms with E-state index in [1.54, 1.807) is 0 Å². The number of carbonyl (C=O) groups excluding carboxylic acids is 3. The minimum atomic E-state index is -1.35. The van der Waals surface area contributed by atoms with Gasteiger partial charge in [0.2, 0.25) is 11.8 Å². The highest BCUT2D eigenvalue weighted by atomic mass is 28.3. The summed E-state index contributed by atoms with van der Waals surface area (Å²) in [6.07, 6.45) is 6.29. The van der Waals surface area contributed by atoms with Gasteiger partial charge in [-0.1, -0.05) is 78.9 Å². The molecule has 0 bridgehead atoms. The van der Waals surface area contributed by atoms with Crippen molar-refractivity contribution in [2.24, 2.45) is 11.7 Å². The van der Waals surface area contributed by atoms with Gasteiger partial charge in [-0.15, -0.1) is 0 Å². The summed E-state index contributed by atoms with van der Waals surface area (Å²) in [4.78, 5) is 38.3. The number of hydrogen-bond acceptors (Lipinski definition) is 6. The second kappa shape index (κ2) is 17.1. The van der Waals surface area contributed by atoms with Gasteiger partial charge in [0.1, 0.15) is 18.1 Å². The number of esters is 1. The molecule has 0 spiro atoms. The average Bonchev–Trinajstić information content (AvgIpc) is 2.72. The van der Waals surface area contributed by atoms with E-state index in [0.717, 1.165) is 25.3 Å². The number of rotatable bonds is 18. The van der Waals surface area contributed by atoms with Crippen molar-refractivity contribution in [2.75, 3.05) is 6.61 Å². The van der Waals surface area contributed by atoms with E-state index in [-0.39, 0.29) is 5.92 Å². The van der Waals surface area contributed by atoms with Gasteiger partial charge < -0.3 is 26.2 Å². The summed E-state index contributed by atoms with van der Waals surface area (Å²) in [6.45, 7) is 14.5. The van der Waals surface area contributed by atoms with Crippen LogP contribution in [0.3, 0.4) is 0 Å². The Morgan fingerprint density at radius 2 is 1.47 bits per heavy atom. The van der Waals surface area contributed by atoms with Crippen LogP contribution in [-0.4, -0.2) is 61.8 Å². The molecule has 0 unspecified atom stereocenters. The lowest BCUT2D eigenvalue weighted by molar-refractivity contribution is -0.148. The Bertz CT molecular complexity index is 608. The van der Waals surface area contributed by atoms with Crippen molar-refractivity contribution in [1.82, 2.24) is 10.6 Å². The second-order valence-corrected chi connectivity index (χ2v) is 16.7. The van der Waals surface area contributed by atoms with E-state index in [2.05, 4.69) is 37.2 Å². The highest BCUT2D eigenvalue weighted by Gasteiger charge is 2.30. The van der Waals surface area contributed by atoms with Crippen molar-refractivity contribution >= 4 is 25.9 Å². The fourth-order valence-electron chi connectivity index (χ4n) is 3.40. The number of carbonyl (C=O) groups is 3. The molecule has 0 radical (unpaired) electrons. The summed E-state index contributed by atoms with van der Waals surface area (Å²) in [6, 6.07) is -1.87. The normalized spacial score (nSPS) is 15.4. The Hall–Kier alpha value is -1.45. The first-order chi connectivity index (χ1) is 15.8. The van der Waals surface area contributed by atoms with Crippen LogP contribution >= 0.6 is 0 Å². The molecule has 34 heavy (non-hydrogen) atoms. The molecule has 0 aliphatic heterocycles. The van der Waals surface area contributed by atoms with Crippen LogP contribution in [0.1, 0.15) is 79.1 Å². The van der Waals surface area contributed by atoms with Crippen LogP contribution in [0.2, 0.25) is 25.7 Å². The first kappa shape index (κ1) is 32.5. The van der Waals surface area contributed by atoms with E-state index in [4.69, 9.17) is 10.5 Å². The molecule has 0 fully saturated rings. The molecule has 0 aliphatic rings. The molecule has 0 aromatic carbocycles. The van der Waals surface area contributed by atoms with Gasteiger partial charge in [-0.3, -0.25) is 9.59 Å². The maximum absolute atomic E-state index is 13.1. The number of amides is 2. The smallest absolute Gasteiger partial charge is 0.328 e. The lowest BCUT2D eigenvalue weighted by atomic mass is 10.0. The van der Waals surface area contributed by atoms with Gasteiger partial charge in [-0.25, -0.2) is 4.79 Å². The van der Waals surface area contributed by atoms with Crippen molar-refractivity contribution in [3.63, 3.8) is 0 Å². The topological polar surface area (TPSA) is 131 Å². The molecule has 5 N–H and O–H groups in total. The molecule has 0 aliphatic carbocycles. The fourth-order valence-corrected chi connectivity index (χ4v) is 4.11. The molecule has 2 amide bonds. The van der Waals surface area contributed by atoms with Crippen LogP contribution in [-0.2, 0) is 19.1 Å². The first-order valence-corrected chi connectivity index (χ1v) is 16.7. The molecule has 4 atom stereocenters. The largest absolute Gasteiger partial charge is 0.464 e. The van der Waals surface area contributed by atoms with E-state index >= 15 is 0 Å². The van der Waals surface area contributed by atoms with Crippen LogP contribution in [0.4, 0.5) is 0 Å². The molecule has 0 aromatic rings. The molecule has 0 saturated heterocycles. The number of nitrogens with two attached hydrogens (primary N) is 1. The highest BCUT2D eigenvalue weighted by molar-refractivity contribution is 6.76. The molecule has 200 valence electrons. The predicted molar refractivity (Wildman–Crippen MR) is 140 cm³/mol. The van der Waals surface area contributed by atoms with Gasteiger partial charge >= 0.3 is 5.97 Å². The Morgan fingerprint density at radius 1 is 0.912 bits per heavy atom. The standard InChI is InChI=1S/C25H51N3O5Si/c1-8-9-10-11-12-13-14-20(25(32)33-15-16-34(5,6)7)27-23(30)21(17-18(2)3)28-24(31)22(26)19(4)29/h18-22,29H,8-17,26H2,1-7H3,(H,27,30)(H,28,31)/t19-,20-,21-,22+/m1/s1. The summed E-state index contributed by atoms with van der Waals surface area (Å²) in [5.41, 5.74) is 5.73. The Labute approximate surface area is 208 Å². The van der Waals surface area contributed by atoms with Crippen molar-refractivity contribution in [1.29, 1.82) is 0 Å². The average molecular weight is 502 g/mol. The Balaban J connectivity index is 5.23. The number of nitrogens with one attached hydrogen (secondary N) is 2. The minimum Gasteiger partial charge on any atom is -0.464 e. The summed E-state index contributed by atoms with van der Waals surface area (Å²) in [5.74, 6) is -1.33. The lowest BCUT2D eigenvalue weighted by Gasteiger charge is -2.25. The van der Waals surface area contributed by atoms with Gasteiger partial charge in [-0.2, -0.15) is 0 Å². The van der Waals surface area contributed by atoms with Crippen LogP contribution in [0.5, 0.6) is 0 Å². The molecule has 8 nitrogen and oxygen atoms in total. The monoisotopic (exact) mass is 501 g/mol.